The zero-order valence-electron chi connectivity index (χ0n) is 11.1. The summed E-state index contributed by atoms with van der Waals surface area (Å²) < 4.78 is 5.08. The van der Waals surface area contributed by atoms with E-state index in [0.29, 0.717) is 25.9 Å². The molecule has 2 rings (SSSR count). The first-order valence-electron chi connectivity index (χ1n) is 6.48. The van der Waals surface area contributed by atoms with E-state index < -0.39 is 0 Å². The second-order valence-corrected chi connectivity index (χ2v) is 4.66. The van der Waals surface area contributed by atoms with Gasteiger partial charge in [-0.15, -0.1) is 0 Å². The number of aliphatic hydroxyl groups excluding tert-OH is 1. The topological polar surface area (TPSA) is 49.8 Å². The molecule has 0 saturated carbocycles. The Morgan fingerprint density at radius 2 is 1.95 bits per heavy atom. The summed E-state index contributed by atoms with van der Waals surface area (Å²) in [5, 5.41) is 9.40. The molecular formula is C15H19NO3. The van der Waals surface area contributed by atoms with Crippen molar-refractivity contribution < 1.29 is 14.6 Å². The van der Waals surface area contributed by atoms with Crippen molar-refractivity contribution in [2.24, 2.45) is 0 Å². The maximum Gasteiger partial charge on any atom is 0.246 e. The van der Waals surface area contributed by atoms with Gasteiger partial charge < -0.3 is 14.7 Å². The van der Waals surface area contributed by atoms with Gasteiger partial charge in [0.05, 0.1) is 13.2 Å². The Morgan fingerprint density at radius 1 is 1.32 bits per heavy atom. The molecule has 0 unspecified atom stereocenters. The van der Waals surface area contributed by atoms with Crippen LogP contribution in [0.15, 0.2) is 30.3 Å². The second-order valence-electron chi connectivity index (χ2n) is 4.66. The van der Waals surface area contributed by atoms with Crippen molar-refractivity contribution in [1.29, 1.82) is 0 Å². The highest BCUT2D eigenvalue weighted by Gasteiger charge is 2.19. The van der Waals surface area contributed by atoms with E-state index in [4.69, 9.17) is 4.74 Å². The van der Waals surface area contributed by atoms with E-state index >= 15 is 0 Å². The lowest BCUT2D eigenvalue weighted by Gasteiger charge is -2.28. The maximum absolute atomic E-state index is 11.9. The lowest BCUT2D eigenvalue weighted by Crippen LogP contribution is -2.39. The number of likely N-dealkylation sites (tertiary alicyclic amines) is 1. The second kappa shape index (κ2) is 6.38. The lowest BCUT2D eigenvalue weighted by atomic mass is 10.1. The number of nitrogens with zero attached hydrogens (tertiary/aromatic N) is 1. The molecule has 1 aliphatic rings. The summed E-state index contributed by atoms with van der Waals surface area (Å²) in [6.07, 6.45) is 4.46. The fourth-order valence-electron chi connectivity index (χ4n) is 2.07. The van der Waals surface area contributed by atoms with E-state index in [-0.39, 0.29) is 12.0 Å². The smallest absolute Gasteiger partial charge is 0.246 e. The zero-order valence-corrected chi connectivity index (χ0v) is 11.1. The third kappa shape index (κ3) is 3.83. The molecule has 0 bridgehead atoms. The van der Waals surface area contributed by atoms with Crippen LogP contribution in [-0.2, 0) is 4.79 Å². The molecule has 1 aliphatic heterocycles. The quantitative estimate of drug-likeness (QED) is 0.842. The molecule has 4 heteroatoms. The Bertz CT molecular complexity index is 445. The van der Waals surface area contributed by atoms with Gasteiger partial charge in [0.15, 0.2) is 0 Å². The summed E-state index contributed by atoms with van der Waals surface area (Å²) in [6, 6.07) is 7.54. The van der Waals surface area contributed by atoms with Crippen molar-refractivity contribution in [2.45, 2.75) is 18.9 Å². The summed E-state index contributed by atoms with van der Waals surface area (Å²) in [5.41, 5.74) is 0.964. The average molecular weight is 261 g/mol. The van der Waals surface area contributed by atoms with Crippen molar-refractivity contribution >= 4 is 12.0 Å². The van der Waals surface area contributed by atoms with Crippen molar-refractivity contribution in [3.63, 3.8) is 0 Å². The number of benzene rings is 1. The molecule has 1 saturated heterocycles. The van der Waals surface area contributed by atoms with Gasteiger partial charge >= 0.3 is 0 Å². The van der Waals surface area contributed by atoms with Gasteiger partial charge in [-0.25, -0.2) is 0 Å². The third-order valence-corrected chi connectivity index (χ3v) is 3.31. The Balaban J connectivity index is 1.92. The third-order valence-electron chi connectivity index (χ3n) is 3.31. The molecule has 0 radical (unpaired) electrons. The highest BCUT2D eigenvalue weighted by atomic mass is 16.5. The number of hydrogen-bond donors (Lipinski definition) is 1. The van der Waals surface area contributed by atoms with Crippen LogP contribution in [-0.4, -0.2) is 42.2 Å². The Morgan fingerprint density at radius 3 is 2.53 bits per heavy atom. The zero-order chi connectivity index (χ0) is 13.7. The van der Waals surface area contributed by atoms with E-state index in [1.807, 2.05) is 24.3 Å². The summed E-state index contributed by atoms with van der Waals surface area (Å²) in [5.74, 6) is 0.802. The number of methoxy groups -OCH3 is 1. The predicted octanol–water partition coefficient (Wildman–Crippen LogP) is 1.69. The summed E-state index contributed by atoms with van der Waals surface area (Å²) in [4.78, 5) is 13.7. The van der Waals surface area contributed by atoms with Crippen LogP contribution >= 0.6 is 0 Å². The molecule has 1 amide bonds. The number of carbonyl (C=O) groups excluding carboxylic acids is 1. The van der Waals surface area contributed by atoms with Gasteiger partial charge in [-0.3, -0.25) is 4.79 Å². The van der Waals surface area contributed by atoms with Gasteiger partial charge in [0.1, 0.15) is 5.75 Å². The van der Waals surface area contributed by atoms with E-state index in [1.165, 1.54) is 0 Å². The molecule has 0 spiro atoms. The maximum atomic E-state index is 11.9. The number of rotatable bonds is 3. The van der Waals surface area contributed by atoms with Crippen LogP contribution in [0.1, 0.15) is 18.4 Å². The Kier molecular flexibility index (Phi) is 4.58. The minimum Gasteiger partial charge on any atom is -0.497 e. The molecule has 1 aromatic rings. The van der Waals surface area contributed by atoms with Crippen LogP contribution in [0, 0.1) is 0 Å². The first kappa shape index (κ1) is 13.6. The van der Waals surface area contributed by atoms with Crippen LogP contribution in [0.2, 0.25) is 0 Å². The fraction of sp³-hybridized carbons (Fsp3) is 0.400. The molecule has 0 aliphatic carbocycles. The standard InChI is InChI=1S/C15H19NO3/c1-19-14-5-2-12(3-6-14)4-7-15(18)16-10-8-13(17)9-11-16/h2-7,13,17H,8-11H2,1H3. The van der Waals surface area contributed by atoms with Gasteiger partial charge in [0.25, 0.3) is 0 Å². The van der Waals surface area contributed by atoms with Crippen LogP contribution < -0.4 is 4.74 Å². The van der Waals surface area contributed by atoms with Crippen LogP contribution in [0.5, 0.6) is 5.75 Å². The summed E-state index contributed by atoms with van der Waals surface area (Å²) in [6.45, 7) is 1.26. The molecule has 19 heavy (non-hydrogen) atoms. The average Bonchev–Trinajstić information content (AvgIpc) is 2.46. The number of piperidine rings is 1. The molecule has 1 N–H and O–H groups in total. The molecule has 1 aromatic carbocycles. The largest absolute Gasteiger partial charge is 0.497 e. The summed E-state index contributed by atoms with van der Waals surface area (Å²) in [7, 11) is 1.62. The van der Waals surface area contributed by atoms with Gasteiger partial charge in [0.2, 0.25) is 5.91 Å². The monoisotopic (exact) mass is 261 g/mol. The highest BCUT2D eigenvalue weighted by molar-refractivity contribution is 5.91. The molecule has 1 heterocycles. The normalized spacial score (nSPS) is 16.8. The number of ether oxygens (including phenoxy) is 1. The first-order chi connectivity index (χ1) is 9.19. The number of carbonyl (C=O) groups is 1. The number of hydrogen-bond acceptors (Lipinski definition) is 3. The Labute approximate surface area is 113 Å². The molecular weight excluding hydrogens is 242 g/mol. The van der Waals surface area contributed by atoms with Gasteiger partial charge in [-0.05, 0) is 36.6 Å². The first-order valence-corrected chi connectivity index (χ1v) is 6.48. The minimum absolute atomic E-state index is 0.00252. The van der Waals surface area contributed by atoms with Crippen LogP contribution in [0.25, 0.3) is 6.08 Å². The van der Waals surface area contributed by atoms with E-state index in [1.54, 1.807) is 24.2 Å². The lowest BCUT2D eigenvalue weighted by molar-refractivity contribution is -0.127. The number of amides is 1. The Hall–Kier alpha value is -1.81. The van der Waals surface area contributed by atoms with Crippen LogP contribution in [0.3, 0.4) is 0 Å². The van der Waals surface area contributed by atoms with E-state index in [0.717, 1.165) is 11.3 Å². The number of aliphatic hydroxyl groups is 1. The van der Waals surface area contributed by atoms with Crippen molar-refractivity contribution in [3.8, 4) is 5.75 Å². The molecule has 102 valence electrons. The highest BCUT2D eigenvalue weighted by Crippen LogP contribution is 2.13. The summed E-state index contributed by atoms with van der Waals surface area (Å²) >= 11 is 0. The van der Waals surface area contributed by atoms with Gasteiger partial charge in [-0.1, -0.05) is 12.1 Å². The molecule has 0 atom stereocenters. The van der Waals surface area contributed by atoms with Crippen molar-refractivity contribution in [3.05, 3.63) is 35.9 Å². The van der Waals surface area contributed by atoms with Gasteiger partial charge in [0, 0.05) is 19.2 Å². The predicted molar refractivity (Wildman–Crippen MR) is 73.8 cm³/mol. The minimum atomic E-state index is -0.255. The van der Waals surface area contributed by atoms with E-state index in [9.17, 15) is 9.90 Å². The molecule has 0 aromatic heterocycles. The molecule has 1 fully saturated rings. The van der Waals surface area contributed by atoms with E-state index in [2.05, 4.69) is 0 Å². The molecule has 4 nitrogen and oxygen atoms in total. The van der Waals surface area contributed by atoms with Crippen molar-refractivity contribution in [2.75, 3.05) is 20.2 Å². The SMILES string of the molecule is COc1ccc(C=CC(=O)N2CCC(O)CC2)cc1. The van der Waals surface area contributed by atoms with Gasteiger partial charge in [-0.2, -0.15) is 0 Å². The van der Waals surface area contributed by atoms with Crippen molar-refractivity contribution in [1.82, 2.24) is 4.90 Å². The fourth-order valence-corrected chi connectivity index (χ4v) is 2.07. The van der Waals surface area contributed by atoms with Crippen LogP contribution in [0.4, 0.5) is 0 Å².